The van der Waals surface area contributed by atoms with Crippen molar-refractivity contribution in [3.63, 3.8) is 0 Å². The molecular formula is C23H23F3N4O2. The Hall–Kier alpha value is -3.33. The number of carbonyl (C=O) groups excluding carboxylic acids is 1. The summed E-state index contributed by atoms with van der Waals surface area (Å²) in [5, 5.41) is 2.60. The highest BCUT2D eigenvalue weighted by Gasteiger charge is 2.33. The summed E-state index contributed by atoms with van der Waals surface area (Å²) in [7, 11) is 0. The van der Waals surface area contributed by atoms with E-state index in [9.17, 15) is 18.0 Å². The molecule has 0 atom stereocenters. The van der Waals surface area contributed by atoms with Crippen LogP contribution in [0.3, 0.4) is 0 Å². The van der Waals surface area contributed by atoms with Crippen LogP contribution in [0.2, 0.25) is 0 Å². The summed E-state index contributed by atoms with van der Waals surface area (Å²) < 4.78 is 45.6. The summed E-state index contributed by atoms with van der Waals surface area (Å²) in [6.07, 6.45) is 0.0353. The molecule has 1 fully saturated rings. The Morgan fingerprint density at radius 3 is 2.47 bits per heavy atom. The average molecular weight is 444 g/mol. The quantitative estimate of drug-likeness (QED) is 0.596. The second kappa shape index (κ2) is 8.31. The number of nitrogens with zero attached hydrogens (tertiary/aromatic N) is 2. The van der Waals surface area contributed by atoms with E-state index in [-0.39, 0.29) is 17.0 Å². The van der Waals surface area contributed by atoms with Crippen LogP contribution in [-0.4, -0.2) is 29.5 Å². The molecule has 1 saturated heterocycles. The van der Waals surface area contributed by atoms with Gasteiger partial charge < -0.3 is 20.4 Å². The van der Waals surface area contributed by atoms with Crippen LogP contribution in [0, 0.1) is 0 Å². The third-order valence-corrected chi connectivity index (χ3v) is 5.61. The summed E-state index contributed by atoms with van der Waals surface area (Å²) >= 11 is 0. The van der Waals surface area contributed by atoms with Crippen molar-refractivity contribution in [1.82, 2.24) is 4.98 Å². The Morgan fingerprint density at radius 2 is 1.81 bits per heavy atom. The number of furan rings is 1. The Balaban J connectivity index is 1.61. The molecule has 4 rings (SSSR count). The van der Waals surface area contributed by atoms with E-state index in [1.54, 1.807) is 30.6 Å². The lowest BCUT2D eigenvalue weighted by Crippen LogP contribution is -2.48. The van der Waals surface area contributed by atoms with E-state index in [1.165, 1.54) is 12.1 Å². The van der Waals surface area contributed by atoms with Gasteiger partial charge in [0.05, 0.1) is 16.9 Å². The van der Waals surface area contributed by atoms with Crippen LogP contribution < -0.4 is 16.0 Å². The normalized spacial score (nSPS) is 16.1. The zero-order valence-corrected chi connectivity index (χ0v) is 17.4. The van der Waals surface area contributed by atoms with E-state index in [1.807, 2.05) is 11.8 Å². The first-order valence-corrected chi connectivity index (χ1v) is 10.2. The number of aromatic nitrogens is 1. The van der Waals surface area contributed by atoms with Crippen molar-refractivity contribution in [2.24, 2.45) is 5.73 Å². The zero-order valence-electron chi connectivity index (χ0n) is 17.4. The van der Waals surface area contributed by atoms with Crippen LogP contribution in [0.15, 0.2) is 59.3 Å². The highest BCUT2D eigenvalue weighted by molar-refractivity contribution is 6.04. The maximum atomic E-state index is 13.3. The molecule has 1 aromatic carbocycles. The fraction of sp³-hybridized carbons (Fsp3) is 0.304. The molecule has 0 bridgehead atoms. The number of nitrogens with two attached hydrogens (primary N) is 1. The smallest absolute Gasteiger partial charge is 0.416 e. The summed E-state index contributed by atoms with van der Waals surface area (Å²) in [5.74, 6) is -0.181. The number of amides is 1. The predicted molar refractivity (Wildman–Crippen MR) is 115 cm³/mol. The standard InChI is InChI=1S/C23H23F3N4O2/c1-22(27)8-12-30(13-9-22)18-3-2-16(23(24,25)26)14-17(18)29-21(31)20-5-4-19(32-20)15-6-10-28-11-7-15/h2-7,10-11,14H,8-9,12-13,27H2,1H3,(H,29,31). The van der Waals surface area contributed by atoms with Crippen molar-refractivity contribution >= 4 is 17.3 Å². The fourth-order valence-corrected chi connectivity index (χ4v) is 3.66. The molecular weight excluding hydrogens is 421 g/mol. The summed E-state index contributed by atoms with van der Waals surface area (Å²) in [6, 6.07) is 9.94. The van der Waals surface area contributed by atoms with Gasteiger partial charge in [0.25, 0.3) is 5.91 Å². The maximum Gasteiger partial charge on any atom is 0.416 e. The van der Waals surface area contributed by atoms with Crippen molar-refractivity contribution in [1.29, 1.82) is 0 Å². The molecule has 0 unspecified atom stereocenters. The molecule has 1 amide bonds. The second-order valence-electron chi connectivity index (χ2n) is 8.22. The first-order valence-electron chi connectivity index (χ1n) is 10.2. The molecule has 3 N–H and O–H groups in total. The summed E-state index contributed by atoms with van der Waals surface area (Å²) in [6.45, 7) is 3.11. The monoisotopic (exact) mass is 444 g/mol. The maximum absolute atomic E-state index is 13.3. The van der Waals surface area contributed by atoms with Crippen molar-refractivity contribution < 1.29 is 22.4 Å². The van der Waals surface area contributed by atoms with Crippen LogP contribution in [0.25, 0.3) is 11.3 Å². The van der Waals surface area contributed by atoms with E-state index in [0.717, 1.165) is 17.7 Å². The predicted octanol–water partition coefficient (Wildman–Crippen LogP) is 4.93. The van der Waals surface area contributed by atoms with Gasteiger partial charge in [-0.2, -0.15) is 13.2 Å². The van der Waals surface area contributed by atoms with Gasteiger partial charge in [0.15, 0.2) is 5.76 Å². The molecule has 0 radical (unpaired) electrons. The second-order valence-corrected chi connectivity index (χ2v) is 8.22. The van der Waals surface area contributed by atoms with Gasteiger partial charge in [-0.3, -0.25) is 9.78 Å². The van der Waals surface area contributed by atoms with Gasteiger partial charge in [-0.05, 0) is 62.2 Å². The van der Waals surface area contributed by atoms with E-state index in [4.69, 9.17) is 10.2 Å². The van der Waals surface area contributed by atoms with Crippen LogP contribution in [-0.2, 0) is 6.18 Å². The number of alkyl halides is 3. The van der Waals surface area contributed by atoms with Gasteiger partial charge in [0.1, 0.15) is 5.76 Å². The van der Waals surface area contributed by atoms with Crippen molar-refractivity contribution in [3.8, 4) is 11.3 Å². The number of carbonyl (C=O) groups is 1. The Labute approximate surface area is 183 Å². The minimum absolute atomic E-state index is 0.00616. The third kappa shape index (κ3) is 4.77. The fourth-order valence-electron chi connectivity index (χ4n) is 3.66. The van der Waals surface area contributed by atoms with E-state index >= 15 is 0 Å². The van der Waals surface area contributed by atoms with Gasteiger partial charge in [0.2, 0.25) is 0 Å². The zero-order chi connectivity index (χ0) is 22.9. The number of benzene rings is 1. The summed E-state index contributed by atoms with van der Waals surface area (Å²) in [5.41, 5.74) is 6.35. The number of hydrogen-bond donors (Lipinski definition) is 2. The third-order valence-electron chi connectivity index (χ3n) is 5.61. The van der Waals surface area contributed by atoms with Crippen molar-refractivity contribution in [2.75, 3.05) is 23.3 Å². The van der Waals surface area contributed by atoms with E-state index < -0.39 is 17.6 Å². The minimum Gasteiger partial charge on any atom is -0.451 e. The van der Waals surface area contributed by atoms with Gasteiger partial charge in [-0.25, -0.2) is 0 Å². The van der Waals surface area contributed by atoms with Gasteiger partial charge in [-0.15, -0.1) is 0 Å². The highest BCUT2D eigenvalue weighted by atomic mass is 19.4. The molecule has 0 spiro atoms. The lowest BCUT2D eigenvalue weighted by atomic mass is 9.90. The van der Waals surface area contributed by atoms with E-state index in [0.29, 0.717) is 37.4 Å². The molecule has 9 heteroatoms. The Bertz CT molecular complexity index is 1100. The molecule has 168 valence electrons. The number of anilines is 2. The molecule has 3 aromatic rings. The number of piperidine rings is 1. The molecule has 6 nitrogen and oxygen atoms in total. The number of pyridine rings is 1. The van der Waals surface area contributed by atoms with Crippen molar-refractivity contribution in [3.05, 3.63) is 66.2 Å². The Morgan fingerprint density at radius 1 is 1.12 bits per heavy atom. The highest BCUT2D eigenvalue weighted by Crippen LogP contribution is 2.37. The minimum atomic E-state index is -4.53. The molecule has 2 aromatic heterocycles. The van der Waals surface area contributed by atoms with Gasteiger partial charge in [0, 0.05) is 36.6 Å². The average Bonchev–Trinajstić information content (AvgIpc) is 3.24. The number of rotatable bonds is 4. The van der Waals surface area contributed by atoms with Crippen LogP contribution in [0.1, 0.15) is 35.9 Å². The molecule has 1 aliphatic heterocycles. The number of halogens is 3. The largest absolute Gasteiger partial charge is 0.451 e. The van der Waals surface area contributed by atoms with Crippen LogP contribution >= 0.6 is 0 Å². The van der Waals surface area contributed by atoms with Gasteiger partial charge >= 0.3 is 6.18 Å². The Kier molecular flexibility index (Phi) is 5.68. The lowest BCUT2D eigenvalue weighted by Gasteiger charge is -2.38. The van der Waals surface area contributed by atoms with Crippen molar-refractivity contribution in [2.45, 2.75) is 31.5 Å². The number of nitrogens with one attached hydrogen (secondary N) is 1. The topological polar surface area (TPSA) is 84.4 Å². The van der Waals surface area contributed by atoms with Crippen LogP contribution in [0.5, 0.6) is 0 Å². The molecule has 0 saturated carbocycles. The number of hydrogen-bond acceptors (Lipinski definition) is 5. The van der Waals surface area contributed by atoms with Gasteiger partial charge in [-0.1, -0.05) is 0 Å². The summed E-state index contributed by atoms with van der Waals surface area (Å²) in [4.78, 5) is 18.7. The van der Waals surface area contributed by atoms with Crippen LogP contribution in [0.4, 0.5) is 24.5 Å². The lowest BCUT2D eigenvalue weighted by molar-refractivity contribution is -0.137. The first kappa shape index (κ1) is 21.9. The molecule has 32 heavy (non-hydrogen) atoms. The molecule has 3 heterocycles. The van der Waals surface area contributed by atoms with E-state index in [2.05, 4.69) is 10.3 Å². The first-order chi connectivity index (χ1) is 15.1. The molecule has 0 aliphatic carbocycles. The molecule has 1 aliphatic rings. The SMILES string of the molecule is CC1(N)CCN(c2ccc(C(F)(F)F)cc2NC(=O)c2ccc(-c3ccncc3)o2)CC1.